The maximum Gasteiger partial charge on any atom is 0.160 e. The third kappa shape index (κ3) is 2.70. The highest BCUT2D eigenvalue weighted by Crippen LogP contribution is 2.43. The molecule has 3 atom stereocenters. The van der Waals surface area contributed by atoms with E-state index in [4.69, 9.17) is 16.3 Å². The van der Waals surface area contributed by atoms with Crippen molar-refractivity contribution in [2.75, 3.05) is 6.61 Å². The molecule has 0 aromatic heterocycles. The minimum atomic E-state index is -0.918. The van der Waals surface area contributed by atoms with Crippen molar-refractivity contribution in [3.05, 3.63) is 34.4 Å². The minimum Gasteiger partial charge on any atom is -0.378 e. The van der Waals surface area contributed by atoms with Crippen molar-refractivity contribution in [2.45, 2.75) is 30.7 Å². The topological polar surface area (TPSA) is 9.23 Å². The van der Waals surface area contributed by atoms with Gasteiger partial charge in [-0.05, 0) is 30.5 Å². The van der Waals surface area contributed by atoms with Gasteiger partial charge in [0.1, 0.15) is 0 Å². The number of hydrogen-bond donors (Lipinski definition) is 0. The van der Waals surface area contributed by atoms with E-state index in [0.29, 0.717) is 12.2 Å². The van der Waals surface area contributed by atoms with Crippen LogP contribution < -0.4 is 0 Å². The first kappa shape index (κ1) is 14.2. The molecule has 18 heavy (non-hydrogen) atoms. The lowest BCUT2D eigenvalue weighted by Gasteiger charge is -2.23. The number of hydrogen-bond acceptors (Lipinski definition) is 1. The predicted octanol–water partition coefficient (Wildman–Crippen LogP) is 4.87. The first-order valence-electron chi connectivity index (χ1n) is 5.94. The van der Waals surface area contributed by atoms with E-state index in [1.807, 2.05) is 0 Å². The highest BCUT2D eigenvalue weighted by atomic mass is 79.9. The van der Waals surface area contributed by atoms with Crippen LogP contribution in [0.5, 0.6) is 0 Å². The molecule has 0 saturated carbocycles. The molecule has 0 amide bonds. The van der Waals surface area contributed by atoms with Gasteiger partial charge in [-0.25, -0.2) is 8.78 Å². The van der Waals surface area contributed by atoms with E-state index in [2.05, 4.69) is 22.9 Å². The second-order valence-electron chi connectivity index (χ2n) is 4.46. The van der Waals surface area contributed by atoms with Gasteiger partial charge < -0.3 is 4.74 Å². The molecule has 1 aromatic carbocycles. The summed E-state index contributed by atoms with van der Waals surface area (Å²) in [7, 11) is 0. The molecular formula is C13H14BrClF2O. The molecule has 0 bridgehead atoms. The molecule has 1 aliphatic heterocycles. The lowest BCUT2D eigenvalue weighted by molar-refractivity contribution is 0.0872. The van der Waals surface area contributed by atoms with Gasteiger partial charge in [0.2, 0.25) is 0 Å². The van der Waals surface area contributed by atoms with Gasteiger partial charge in [-0.15, -0.1) is 0 Å². The quantitative estimate of drug-likeness (QED) is 0.564. The molecule has 1 heterocycles. The van der Waals surface area contributed by atoms with Gasteiger partial charge in [0.25, 0.3) is 0 Å². The summed E-state index contributed by atoms with van der Waals surface area (Å²) in [6.07, 6.45) is 1.93. The zero-order valence-corrected chi connectivity index (χ0v) is 12.3. The largest absolute Gasteiger partial charge is 0.378 e. The second kappa shape index (κ2) is 5.85. The summed E-state index contributed by atoms with van der Waals surface area (Å²) >= 11 is 9.54. The fourth-order valence-electron chi connectivity index (χ4n) is 2.40. The predicted molar refractivity (Wildman–Crippen MR) is 71.2 cm³/mol. The van der Waals surface area contributed by atoms with E-state index < -0.39 is 11.6 Å². The van der Waals surface area contributed by atoms with E-state index >= 15 is 0 Å². The Morgan fingerprint density at radius 3 is 2.78 bits per heavy atom. The highest BCUT2D eigenvalue weighted by molar-refractivity contribution is 9.09. The molecule has 0 spiro atoms. The van der Waals surface area contributed by atoms with Crippen molar-refractivity contribution >= 4 is 27.5 Å². The molecule has 1 nitrogen and oxygen atoms in total. The molecular weight excluding hydrogens is 325 g/mol. The standard InChI is InChI=1S/C13H14BrClF2O/c1-2-12-7(3-4-18-12)13(14)8-5-10(16)11(17)6-9(8)15/h5-7,12-13H,2-4H2,1H3. The van der Waals surface area contributed by atoms with Crippen molar-refractivity contribution in [1.29, 1.82) is 0 Å². The fourth-order valence-corrected chi connectivity index (χ4v) is 3.78. The van der Waals surface area contributed by atoms with Crippen molar-refractivity contribution in [3.63, 3.8) is 0 Å². The summed E-state index contributed by atoms with van der Waals surface area (Å²) in [4.78, 5) is -0.118. The Kier molecular flexibility index (Phi) is 4.62. The van der Waals surface area contributed by atoms with Crippen molar-refractivity contribution in [2.24, 2.45) is 5.92 Å². The summed E-state index contributed by atoms with van der Waals surface area (Å²) in [5.74, 6) is -1.55. The van der Waals surface area contributed by atoms with Crippen LogP contribution in [0.3, 0.4) is 0 Å². The van der Waals surface area contributed by atoms with Crippen LogP contribution in [0.1, 0.15) is 30.2 Å². The fraction of sp³-hybridized carbons (Fsp3) is 0.538. The van der Waals surface area contributed by atoms with Crippen LogP contribution in [0, 0.1) is 17.6 Å². The first-order chi connectivity index (χ1) is 8.54. The molecule has 0 aliphatic carbocycles. The smallest absolute Gasteiger partial charge is 0.160 e. The zero-order valence-electron chi connectivity index (χ0n) is 9.93. The molecule has 5 heteroatoms. The number of ether oxygens (including phenoxy) is 1. The van der Waals surface area contributed by atoms with Crippen molar-refractivity contribution in [3.8, 4) is 0 Å². The molecule has 100 valence electrons. The Bertz CT molecular complexity index is 441. The minimum absolute atomic E-state index is 0.118. The van der Waals surface area contributed by atoms with E-state index in [9.17, 15) is 8.78 Å². The van der Waals surface area contributed by atoms with Crippen LogP contribution in [0.25, 0.3) is 0 Å². The molecule has 2 rings (SSSR count). The van der Waals surface area contributed by atoms with Crippen LogP contribution in [-0.2, 0) is 4.74 Å². The Hall–Kier alpha value is -0.190. The molecule has 3 unspecified atom stereocenters. The highest BCUT2D eigenvalue weighted by Gasteiger charge is 2.34. The lowest BCUT2D eigenvalue weighted by Crippen LogP contribution is -2.19. The zero-order chi connectivity index (χ0) is 13.3. The molecule has 0 N–H and O–H groups in total. The third-order valence-corrected chi connectivity index (χ3v) is 4.88. The van der Waals surface area contributed by atoms with Gasteiger partial charge in [0.05, 0.1) is 6.10 Å². The molecule has 0 radical (unpaired) electrons. The average Bonchev–Trinajstić information content (AvgIpc) is 2.81. The van der Waals surface area contributed by atoms with E-state index in [-0.39, 0.29) is 21.9 Å². The SMILES string of the molecule is CCC1OCCC1C(Br)c1cc(F)c(F)cc1Cl. The van der Waals surface area contributed by atoms with Crippen LogP contribution in [0.4, 0.5) is 8.78 Å². The molecule has 1 aliphatic rings. The van der Waals surface area contributed by atoms with E-state index in [0.717, 1.165) is 18.9 Å². The Labute approximate surface area is 119 Å². The monoisotopic (exact) mass is 338 g/mol. The van der Waals surface area contributed by atoms with Gasteiger partial charge in [-0.1, -0.05) is 34.5 Å². The molecule has 1 saturated heterocycles. The van der Waals surface area contributed by atoms with Crippen LogP contribution in [-0.4, -0.2) is 12.7 Å². The van der Waals surface area contributed by atoms with Crippen LogP contribution >= 0.6 is 27.5 Å². The number of rotatable bonds is 3. The maximum absolute atomic E-state index is 13.3. The number of benzene rings is 1. The van der Waals surface area contributed by atoms with Crippen LogP contribution in [0.15, 0.2) is 12.1 Å². The van der Waals surface area contributed by atoms with Crippen molar-refractivity contribution in [1.82, 2.24) is 0 Å². The van der Waals surface area contributed by atoms with Gasteiger partial charge in [0.15, 0.2) is 11.6 Å². The summed E-state index contributed by atoms with van der Waals surface area (Å²) in [5, 5.41) is 0.248. The number of alkyl halides is 1. The summed E-state index contributed by atoms with van der Waals surface area (Å²) in [5.41, 5.74) is 0.588. The van der Waals surface area contributed by atoms with Gasteiger partial charge in [0, 0.05) is 22.4 Å². The normalized spacial score (nSPS) is 25.4. The molecule has 1 aromatic rings. The Morgan fingerprint density at radius 2 is 2.11 bits per heavy atom. The lowest BCUT2D eigenvalue weighted by atomic mass is 9.91. The van der Waals surface area contributed by atoms with Crippen LogP contribution in [0.2, 0.25) is 5.02 Å². The van der Waals surface area contributed by atoms with Gasteiger partial charge >= 0.3 is 0 Å². The van der Waals surface area contributed by atoms with Crippen molar-refractivity contribution < 1.29 is 13.5 Å². The molecule has 1 fully saturated rings. The summed E-state index contributed by atoms with van der Waals surface area (Å²) < 4.78 is 32.0. The summed E-state index contributed by atoms with van der Waals surface area (Å²) in [6, 6.07) is 2.19. The first-order valence-corrected chi connectivity index (χ1v) is 7.24. The summed E-state index contributed by atoms with van der Waals surface area (Å²) in [6.45, 7) is 2.75. The second-order valence-corrected chi connectivity index (χ2v) is 5.85. The third-order valence-electron chi connectivity index (χ3n) is 3.38. The Morgan fingerprint density at radius 1 is 1.44 bits per heavy atom. The van der Waals surface area contributed by atoms with E-state index in [1.54, 1.807) is 0 Å². The van der Waals surface area contributed by atoms with E-state index in [1.165, 1.54) is 6.07 Å². The van der Waals surface area contributed by atoms with Gasteiger partial charge in [-0.2, -0.15) is 0 Å². The Balaban J connectivity index is 2.28. The van der Waals surface area contributed by atoms with Gasteiger partial charge in [-0.3, -0.25) is 0 Å². The maximum atomic E-state index is 13.3. The number of halogens is 4. The average molecular weight is 340 g/mol.